The molecule has 8 heteroatoms. The number of likely N-dealkylation sites (N-methyl/N-ethyl adjacent to an activating group) is 2. The molecule has 0 saturated carbocycles. The highest BCUT2D eigenvalue weighted by Gasteiger charge is 2.28. The summed E-state index contributed by atoms with van der Waals surface area (Å²) in [6.07, 6.45) is 0. The Balaban J connectivity index is 3.09. The van der Waals surface area contributed by atoms with E-state index in [-0.39, 0.29) is 0 Å². The van der Waals surface area contributed by atoms with Gasteiger partial charge in [0.15, 0.2) is 0 Å². The minimum absolute atomic E-state index is 0.295. The van der Waals surface area contributed by atoms with Crippen LogP contribution >= 0.6 is 11.6 Å². The number of aryl methyl sites for hydroxylation is 2. The van der Waals surface area contributed by atoms with Gasteiger partial charge in [-0.2, -0.15) is 9.40 Å². The van der Waals surface area contributed by atoms with Crippen LogP contribution in [-0.4, -0.2) is 67.5 Å². The van der Waals surface area contributed by atoms with Crippen LogP contribution in [0.3, 0.4) is 0 Å². The van der Waals surface area contributed by atoms with Gasteiger partial charge in [-0.1, -0.05) is 0 Å². The normalized spacial score (nSPS) is 12.6. The Labute approximate surface area is 126 Å². The number of hydrogen-bond donors (Lipinski definition) is 0. The summed E-state index contributed by atoms with van der Waals surface area (Å²) in [5.41, 5.74) is 1.16. The first-order chi connectivity index (χ1) is 9.21. The molecule has 0 saturated heterocycles. The Bertz CT molecular complexity index is 554. The third kappa shape index (κ3) is 3.72. The second kappa shape index (κ2) is 6.89. The zero-order valence-electron chi connectivity index (χ0n) is 12.7. The molecule has 1 aromatic heterocycles. The van der Waals surface area contributed by atoms with E-state index in [1.165, 1.54) is 4.31 Å². The molecule has 0 aromatic carbocycles. The fraction of sp³-hybridized carbons (Fsp3) is 0.750. The Kier molecular flexibility index (Phi) is 6.00. The summed E-state index contributed by atoms with van der Waals surface area (Å²) in [6, 6.07) is 0. The number of nitrogens with zero attached hydrogens (tertiary/aromatic N) is 4. The highest BCUT2D eigenvalue weighted by atomic mass is 35.5. The Morgan fingerprint density at radius 1 is 1.20 bits per heavy atom. The number of aromatic nitrogens is 2. The molecular weight excluding hydrogens is 300 g/mol. The minimum Gasteiger partial charge on any atom is -0.308 e. The van der Waals surface area contributed by atoms with Gasteiger partial charge in [-0.3, -0.25) is 4.68 Å². The van der Waals surface area contributed by atoms with Crippen LogP contribution in [0.1, 0.15) is 11.4 Å². The number of halogens is 1. The van der Waals surface area contributed by atoms with Crippen molar-refractivity contribution < 1.29 is 8.42 Å². The summed E-state index contributed by atoms with van der Waals surface area (Å²) in [4.78, 5) is 2.24. The largest absolute Gasteiger partial charge is 0.308 e. The van der Waals surface area contributed by atoms with Gasteiger partial charge in [-0.05, 0) is 27.9 Å². The van der Waals surface area contributed by atoms with E-state index in [1.807, 2.05) is 19.0 Å². The molecule has 0 unspecified atom stereocenters. The van der Waals surface area contributed by atoms with Gasteiger partial charge in [0.05, 0.1) is 17.9 Å². The van der Waals surface area contributed by atoms with Crippen LogP contribution < -0.4 is 0 Å². The van der Waals surface area contributed by atoms with Gasteiger partial charge in [-0.15, -0.1) is 11.6 Å². The molecule has 1 aromatic rings. The van der Waals surface area contributed by atoms with Crippen molar-refractivity contribution in [1.82, 2.24) is 19.0 Å². The van der Waals surface area contributed by atoms with Crippen molar-refractivity contribution in [3.63, 3.8) is 0 Å². The van der Waals surface area contributed by atoms with Crippen LogP contribution in [0.25, 0.3) is 0 Å². The van der Waals surface area contributed by atoms with E-state index in [0.29, 0.717) is 41.8 Å². The first kappa shape index (κ1) is 17.4. The van der Waals surface area contributed by atoms with Gasteiger partial charge in [0.1, 0.15) is 4.90 Å². The van der Waals surface area contributed by atoms with Crippen LogP contribution in [0, 0.1) is 13.8 Å². The maximum Gasteiger partial charge on any atom is 0.246 e. The van der Waals surface area contributed by atoms with Crippen molar-refractivity contribution in [2.45, 2.75) is 25.3 Å². The highest BCUT2D eigenvalue weighted by molar-refractivity contribution is 7.89. The quantitative estimate of drug-likeness (QED) is 0.701. The molecular formula is C12H23ClN4O2S. The van der Waals surface area contributed by atoms with E-state index in [2.05, 4.69) is 5.10 Å². The fourth-order valence-electron chi connectivity index (χ4n) is 1.97. The third-order valence-corrected chi connectivity index (χ3v) is 5.42. The van der Waals surface area contributed by atoms with E-state index >= 15 is 0 Å². The molecule has 0 aliphatic carbocycles. The number of rotatable bonds is 7. The molecule has 0 amide bonds. The van der Waals surface area contributed by atoms with E-state index in [9.17, 15) is 8.42 Å². The molecule has 0 radical (unpaired) electrons. The van der Waals surface area contributed by atoms with Crippen molar-refractivity contribution >= 4 is 21.6 Å². The van der Waals surface area contributed by atoms with Crippen LogP contribution in [0.5, 0.6) is 0 Å². The smallest absolute Gasteiger partial charge is 0.246 e. The molecule has 0 atom stereocenters. The van der Waals surface area contributed by atoms with Crippen molar-refractivity contribution in [2.24, 2.45) is 0 Å². The molecule has 0 bridgehead atoms. The first-order valence-corrected chi connectivity index (χ1v) is 8.40. The van der Waals surface area contributed by atoms with Crippen molar-refractivity contribution in [1.29, 1.82) is 0 Å². The maximum atomic E-state index is 12.6. The Morgan fingerprint density at radius 3 is 2.30 bits per heavy atom. The average molecular weight is 323 g/mol. The van der Waals surface area contributed by atoms with E-state index in [1.54, 1.807) is 25.6 Å². The van der Waals surface area contributed by atoms with Crippen LogP contribution in [-0.2, 0) is 16.6 Å². The second-order valence-corrected chi connectivity index (χ2v) is 7.40. The lowest BCUT2D eigenvalue weighted by Crippen LogP contribution is -2.34. The van der Waals surface area contributed by atoms with Gasteiger partial charge in [0.2, 0.25) is 10.0 Å². The van der Waals surface area contributed by atoms with Gasteiger partial charge < -0.3 is 4.90 Å². The standard InChI is InChI=1S/C12H23ClN4O2S/c1-10-12(11(2)17(14-10)7-6-13)20(18,19)16(5)9-8-15(3)4/h6-9H2,1-5H3. The van der Waals surface area contributed by atoms with Crippen LogP contribution in [0.4, 0.5) is 0 Å². The highest BCUT2D eigenvalue weighted by Crippen LogP contribution is 2.22. The van der Waals surface area contributed by atoms with Gasteiger partial charge >= 0.3 is 0 Å². The Morgan fingerprint density at radius 2 is 1.80 bits per heavy atom. The van der Waals surface area contributed by atoms with Crippen LogP contribution in [0.2, 0.25) is 0 Å². The molecule has 116 valence electrons. The maximum absolute atomic E-state index is 12.6. The fourth-order valence-corrected chi connectivity index (χ4v) is 3.66. The van der Waals surface area contributed by atoms with Gasteiger partial charge in [-0.25, -0.2) is 8.42 Å². The Hall–Kier alpha value is -0.630. The molecule has 0 N–H and O–H groups in total. The number of sulfonamides is 1. The minimum atomic E-state index is -3.51. The monoisotopic (exact) mass is 322 g/mol. The molecule has 1 rings (SSSR count). The molecule has 0 spiro atoms. The first-order valence-electron chi connectivity index (χ1n) is 6.42. The lowest BCUT2D eigenvalue weighted by molar-refractivity contribution is 0.358. The molecule has 20 heavy (non-hydrogen) atoms. The summed E-state index contributed by atoms with van der Waals surface area (Å²) >= 11 is 5.70. The van der Waals surface area contributed by atoms with Crippen molar-refractivity contribution in [2.75, 3.05) is 40.1 Å². The molecule has 1 heterocycles. The zero-order chi connectivity index (χ0) is 15.5. The zero-order valence-corrected chi connectivity index (χ0v) is 14.3. The SMILES string of the molecule is Cc1nn(CCCl)c(C)c1S(=O)(=O)N(C)CCN(C)C. The van der Waals surface area contributed by atoms with Gasteiger partial charge in [0.25, 0.3) is 0 Å². The number of hydrogen-bond acceptors (Lipinski definition) is 4. The van der Waals surface area contributed by atoms with E-state index < -0.39 is 10.0 Å². The lowest BCUT2D eigenvalue weighted by atomic mass is 10.4. The summed E-state index contributed by atoms with van der Waals surface area (Å²) < 4.78 is 28.3. The third-order valence-electron chi connectivity index (χ3n) is 3.14. The van der Waals surface area contributed by atoms with E-state index in [4.69, 9.17) is 11.6 Å². The summed E-state index contributed by atoms with van der Waals surface area (Å²) in [5.74, 6) is 0.401. The summed E-state index contributed by atoms with van der Waals surface area (Å²) in [5, 5.41) is 4.26. The summed E-state index contributed by atoms with van der Waals surface area (Å²) in [7, 11) is 1.90. The summed E-state index contributed by atoms with van der Waals surface area (Å²) in [6.45, 7) is 5.09. The lowest BCUT2D eigenvalue weighted by Gasteiger charge is -2.19. The topological polar surface area (TPSA) is 58.4 Å². The van der Waals surface area contributed by atoms with Crippen LogP contribution in [0.15, 0.2) is 4.90 Å². The predicted octanol–water partition coefficient (Wildman–Crippen LogP) is 0.921. The van der Waals surface area contributed by atoms with Crippen molar-refractivity contribution in [3.05, 3.63) is 11.4 Å². The van der Waals surface area contributed by atoms with Crippen molar-refractivity contribution in [3.8, 4) is 0 Å². The van der Waals surface area contributed by atoms with Gasteiger partial charge in [0, 0.05) is 26.0 Å². The molecule has 6 nitrogen and oxygen atoms in total. The molecule has 0 fully saturated rings. The predicted molar refractivity (Wildman–Crippen MR) is 80.8 cm³/mol. The second-order valence-electron chi connectivity index (χ2n) is 5.04. The van der Waals surface area contributed by atoms with E-state index in [0.717, 1.165) is 0 Å². The molecule has 0 aliphatic heterocycles. The average Bonchev–Trinajstić information content (AvgIpc) is 2.62. The number of alkyl halides is 1. The molecule has 0 aliphatic rings.